The number of urea groups is 1. The van der Waals surface area contributed by atoms with E-state index < -0.39 is 6.03 Å². The molecule has 2 amide bonds. The van der Waals surface area contributed by atoms with Crippen molar-refractivity contribution in [3.8, 4) is 17.2 Å². The van der Waals surface area contributed by atoms with Crippen molar-refractivity contribution in [2.45, 2.75) is 6.92 Å². The number of benzene rings is 1. The van der Waals surface area contributed by atoms with Crippen LogP contribution in [0, 0.1) is 0 Å². The van der Waals surface area contributed by atoms with Crippen LogP contribution in [0.2, 0.25) is 0 Å². The Kier molecular flexibility index (Phi) is 3.47. The second-order valence-corrected chi connectivity index (χ2v) is 3.47. The molecule has 0 bridgehead atoms. The van der Waals surface area contributed by atoms with E-state index >= 15 is 0 Å². The second-order valence-electron chi connectivity index (χ2n) is 3.47. The van der Waals surface area contributed by atoms with Crippen LogP contribution in [0.5, 0.6) is 5.75 Å². The monoisotopic (exact) mass is 247 g/mol. The Morgan fingerprint density at radius 3 is 3.00 bits per heavy atom. The topological polar surface area (TPSA) is 90.4 Å². The summed E-state index contributed by atoms with van der Waals surface area (Å²) in [4.78, 5) is 15.0. The maximum Gasteiger partial charge on any atom is 0.316 e. The number of primary amides is 1. The Labute approximate surface area is 104 Å². The minimum absolute atomic E-state index is 0.389. The Morgan fingerprint density at radius 1 is 1.56 bits per heavy atom. The van der Waals surface area contributed by atoms with E-state index in [1.807, 2.05) is 6.92 Å². The molecule has 3 N–H and O–H groups in total. The molecule has 18 heavy (non-hydrogen) atoms. The first-order valence-electron chi connectivity index (χ1n) is 5.44. The highest BCUT2D eigenvalue weighted by molar-refractivity contribution is 5.92. The molecular formula is C12H13N3O3. The van der Waals surface area contributed by atoms with E-state index in [9.17, 15) is 4.79 Å². The van der Waals surface area contributed by atoms with E-state index in [-0.39, 0.29) is 0 Å². The molecule has 94 valence electrons. The van der Waals surface area contributed by atoms with Crippen LogP contribution < -0.4 is 15.8 Å². The van der Waals surface area contributed by atoms with Gasteiger partial charge in [-0.3, -0.25) is 0 Å². The van der Waals surface area contributed by atoms with Gasteiger partial charge < -0.3 is 20.2 Å². The summed E-state index contributed by atoms with van der Waals surface area (Å²) in [6.07, 6.45) is 2.98. The second kappa shape index (κ2) is 5.22. The van der Waals surface area contributed by atoms with E-state index in [4.69, 9.17) is 14.9 Å². The molecule has 0 unspecified atom stereocenters. The minimum atomic E-state index is -0.646. The average Bonchev–Trinajstić information content (AvgIpc) is 2.84. The average molecular weight is 247 g/mol. The Balaban J connectivity index is 2.43. The summed E-state index contributed by atoms with van der Waals surface area (Å²) in [6.45, 7) is 2.44. The number of ether oxygens (including phenoxy) is 1. The molecule has 0 atom stereocenters. The molecule has 1 aromatic heterocycles. The molecule has 0 aliphatic heterocycles. The molecule has 2 rings (SSSR count). The van der Waals surface area contributed by atoms with Crippen LogP contribution in [0.3, 0.4) is 0 Å². The van der Waals surface area contributed by atoms with E-state index in [1.54, 1.807) is 18.2 Å². The SMILES string of the molecule is CCOc1ccc(NC(N)=O)c(-c2ncco2)c1. The third-order valence-corrected chi connectivity index (χ3v) is 2.22. The smallest absolute Gasteiger partial charge is 0.316 e. The Hall–Kier alpha value is -2.50. The number of amides is 2. The van der Waals surface area contributed by atoms with Gasteiger partial charge in [0, 0.05) is 0 Å². The lowest BCUT2D eigenvalue weighted by atomic mass is 10.1. The third-order valence-electron chi connectivity index (χ3n) is 2.22. The van der Waals surface area contributed by atoms with Gasteiger partial charge in [0.25, 0.3) is 0 Å². The van der Waals surface area contributed by atoms with Gasteiger partial charge in [-0.2, -0.15) is 0 Å². The number of nitrogens with two attached hydrogens (primary N) is 1. The van der Waals surface area contributed by atoms with Gasteiger partial charge in [0.2, 0.25) is 5.89 Å². The first-order chi connectivity index (χ1) is 8.70. The lowest BCUT2D eigenvalue weighted by Gasteiger charge is -2.09. The highest BCUT2D eigenvalue weighted by Crippen LogP contribution is 2.30. The molecule has 2 aromatic rings. The Bertz CT molecular complexity index is 538. The number of hydrogen-bond donors (Lipinski definition) is 2. The van der Waals surface area contributed by atoms with Crippen molar-refractivity contribution >= 4 is 11.7 Å². The maximum absolute atomic E-state index is 10.9. The lowest BCUT2D eigenvalue weighted by Crippen LogP contribution is -2.19. The molecule has 0 saturated heterocycles. The van der Waals surface area contributed by atoms with Gasteiger partial charge in [-0.15, -0.1) is 0 Å². The van der Waals surface area contributed by atoms with Gasteiger partial charge in [-0.25, -0.2) is 9.78 Å². The summed E-state index contributed by atoms with van der Waals surface area (Å²) in [6, 6.07) is 4.52. The molecule has 0 spiro atoms. The van der Waals surface area contributed by atoms with E-state index in [1.165, 1.54) is 12.5 Å². The zero-order chi connectivity index (χ0) is 13.0. The number of carbonyl (C=O) groups is 1. The molecule has 1 heterocycles. The van der Waals surface area contributed by atoms with Crippen molar-refractivity contribution in [1.82, 2.24) is 4.98 Å². The van der Waals surface area contributed by atoms with Crippen LogP contribution in [-0.2, 0) is 0 Å². The predicted octanol–water partition coefficient (Wildman–Crippen LogP) is 2.23. The number of aromatic nitrogens is 1. The van der Waals surface area contributed by atoms with Crippen LogP contribution in [0.25, 0.3) is 11.5 Å². The van der Waals surface area contributed by atoms with Crippen LogP contribution in [0.4, 0.5) is 10.5 Å². The fraction of sp³-hybridized carbons (Fsp3) is 0.167. The normalized spacial score (nSPS) is 10.1. The lowest BCUT2D eigenvalue weighted by molar-refractivity contribution is 0.259. The van der Waals surface area contributed by atoms with Gasteiger partial charge >= 0.3 is 6.03 Å². The fourth-order valence-corrected chi connectivity index (χ4v) is 1.55. The molecule has 6 heteroatoms. The number of nitrogens with zero attached hydrogens (tertiary/aromatic N) is 1. The number of anilines is 1. The number of nitrogens with one attached hydrogen (secondary N) is 1. The molecule has 0 aliphatic carbocycles. The minimum Gasteiger partial charge on any atom is -0.494 e. The fourth-order valence-electron chi connectivity index (χ4n) is 1.55. The van der Waals surface area contributed by atoms with E-state index in [2.05, 4.69) is 10.3 Å². The molecule has 0 saturated carbocycles. The summed E-state index contributed by atoms with van der Waals surface area (Å²) in [5, 5.41) is 2.51. The highest BCUT2D eigenvalue weighted by atomic mass is 16.5. The number of oxazole rings is 1. The molecule has 0 radical (unpaired) electrons. The molecular weight excluding hydrogens is 234 g/mol. The van der Waals surface area contributed by atoms with Gasteiger partial charge in [0.1, 0.15) is 12.0 Å². The predicted molar refractivity (Wildman–Crippen MR) is 66.3 cm³/mol. The maximum atomic E-state index is 10.9. The standard InChI is InChI=1S/C12H13N3O3/c1-2-17-8-3-4-10(15-12(13)16)9(7-8)11-14-5-6-18-11/h3-7H,2H2,1H3,(H3,13,15,16). The largest absolute Gasteiger partial charge is 0.494 e. The number of carbonyl (C=O) groups excluding carboxylic acids is 1. The zero-order valence-corrected chi connectivity index (χ0v) is 9.84. The summed E-state index contributed by atoms with van der Waals surface area (Å²) in [5.74, 6) is 1.06. The van der Waals surface area contributed by atoms with Crippen molar-refractivity contribution in [2.24, 2.45) is 5.73 Å². The number of rotatable bonds is 4. The third kappa shape index (κ3) is 2.60. The van der Waals surface area contributed by atoms with Gasteiger partial charge in [-0.05, 0) is 25.1 Å². The van der Waals surface area contributed by atoms with Crippen LogP contribution in [-0.4, -0.2) is 17.6 Å². The van der Waals surface area contributed by atoms with Crippen molar-refractivity contribution in [2.75, 3.05) is 11.9 Å². The Morgan fingerprint density at radius 2 is 2.39 bits per heavy atom. The van der Waals surface area contributed by atoms with E-state index in [0.717, 1.165) is 0 Å². The summed E-state index contributed by atoms with van der Waals surface area (Å²) < 4.78 is 10.6. The van der Waals surface area contributed by atoms with Crippen LogP contribution in [0.1, 0.15) is 6.92 Å². The highest BCUT2D eigenvalue weighted by Gasteiger charge is 2.12. The molecule has 6 nitrogen and oxygen atoms in total. The first-order valence-corrected chi connectivity index (χ1v) is 5.44. The van der Waals surface area contributed by atoms with Crippen molar-refractivity contribution in [3.63, 3.8) is 0 Å². The van der Waals surface area contributed by atoms with Gasteiger partial charge in [-0.1, -0.05) is 0 Å². The van der Waals surface area contributed by atoms with Crippen LogP contribution in [0.15, 0.2) is 35.1 Å². The summed E-state index contributed by atoms with van der Waals surface area (Å²) in [7, 11) is 0. The molecule has 1 aromatic carbocycles. The van der Waals surface area contributed by atoms with Crippen molar-refractivity contribution in [1.29, 1.82) is 0 Å². The molecule has 0 aliphatic rings. The van der Waals surface area contributed by atoms with Gasteiger partial charge in [0.05, 0.1) is 24.1 Å². The van der Waals surface area contributed by atoms with Crippen molar-refractivity contribution in [3.05, 3.63) is 30.7 Å². The summed E-state index contributed by atoms with van der Waals surface area (Å²) in [5.41, 5.74) is 6.25. The van der Waals surface area contributed by atoms with E-state index in [0.29, 0.717) is 29.5 Å². The quantitative estimate of drug-likeness (QED) is 0.866. The van der Waals surface area contributed by atoms with Gasteiger partial charge in [0.15, 0.2) is 0 Å². The molecule has 0 fully saturated rings. The first kappa shape index (κ1) is 12.0. The zero-order valence-electron chi connectivity index (χ0n) is 9.84. The van der Waals surface area contributed by atoms with Crippen LogP contribution >= 0.6 is 0 Å². The summed E-state index contributed by atoms with van der Waals surface area (Å²) >= 11 is 0. The number of hydrogen-bond acceptors (Lipinski definition) is 4. The van der Waals surface area contributed by atoms with Crippen molar-refractivity contribution < 1.29 is 13.9 Å².